The summed E-state index contributed by atoms with van der Waals surface area (Å²) in [5.41, 5.74) is 2.44. The average Bonchev–Trinajstić information content (AvgIpc) is 2.37. The van der Waals surface area contributed by atoms with E-state index in [-0.39, 0.29) is 5.75 Å². The van der Waals surface area contributed by atoms with Gasteiger partial charge in [-0.05, 0) is 36.8 Å². The molecule has 0 radical (unpaired) electrons. The normalized spacial score (nSPS) is 9.78. The minimum absolute atomic E-state index is 0.249. The Morgan fingerprint density at radius 3 is 2.67 bits per heavy atom. The van der Waals surface area contributed by atoms with Gasteiger partial charge in [0.15, 0.2) is 0 Å². The second kappa shape index (κ2) is 5.19. The molecule has 0 aliphatic heterocycles. The summed E-state index contributed by atoms with van der Waals surface area (Å²) in [4.78, 5) is 4.30. The van der Waals surface area contributed by atoms with Gasteiger partial charge in [-0.1, -0.05) is 12.1 Å². The Hall–Kier alpha value is -2.54. The Balaban J connectivity index is 2.08. The number of phenolic OH excluding ortho intramolecular Hbond substituents is 1. The number of benzene rings is 1. The van der Waals surface area contributed by atoms with Gasteiger partial charge in [0.05, 0.1) is 11.6 Å². The largest absolute Gasteiger partial charge is 0.508 e. The first-order chi connectivity index (χ1) is 8.67. The molecule has 2 aromatic rings. The van der Waals surface area contributed by atoms with Crippen LogP contribution >= 0.6 is 0 Å². The highest BCUT2D eigenvalue weighted by atomic mass is 16.3. The molecule has 0 saturated carbocycles. The first kappa shape index (κ1) is 11.9. The van der Waals surface area contributed by atoms with Crippen molar-refractivity contribution >= 4 is 5.82 Å². The van der Waals surface area contributed by atoms with Crippen molar-refractivity contribution in [1.82, 2.24) is 4.98 Å². The third-order valence-electron chi connectivity index (χ3n) is 2.49. The molecule has 0 bridgehead atoms. The molecule has 90 valence electrons. The van der Waals surface area contributed by atoms with Crippen molar-refractivity contribution < 1.29 is 5.11 Å². The monoisotopic (exact) mass is 239 g/mol. The summed E-state index contributed by atoms with van der Waals surface area (Å²) >= 11 is 0. The molecule has 1 heterocycles. The fourth-order valence-electron chi connectivity index (χ4n) is 1.63. The van der Waals surface area contributed by atoms with Crippen LogP contribution in [0.2, 0.25) is 0 Å². The third kappa shape index (κ3) is 2.98. The number of hydrogen-bond acceptors (Lipinski definition) is 4. The number of nitriles is 1. The Kier molecular flexibility index (Phi) is 3.44. The van der Waals surface area contributed by atoms with Gasteiger partial charge in [0, 0.05) is 12.2 Å². The summed E-state index contributed by atoms with van der Waals surface area (Å²) in [6.07, 6.45) is 0. The number of aromatic hydroxyl groups is 1. The number of hydrogen-bond donors (Lipinski definition) is 2. The van der Waals surface area contributed by atoms with Crippen LogP contribution in [-0.2, 0) is 6.54 Å². The Labute approximate surface area is 106 Å². The molecule has 4 nitrogen and oxygen atoms in total. The van der Waals surface area contributed by atoms with Crippen molar-refractivity contribution in [3.8, 4) is 11.8 Å². The quantitative estimate of drug-likeness (QED) is 0.863. The molecule has 2 rings (SSSR count). The van der Waals surface area contributed by atoms with Crippen LogP contribution in [0.15, 0.2) is 36.4 Å². The van der Waals surface area contributed by atoms with Crippen LogP contribution in [0.25, 0.3) is 0 Å². The van der Waals surface area contributed by atoms with Gasteiger partial charge < -0.3 is 10.4 Å². The van der Waals surface area contributed by atoms with E-state index in [0.717, 1.165) is 11.3 Å². The van der Waals surface area contributed by atoms with Crippen molar-refractivity contribution in [2.24, 2.45) is 0 Å². The maximum absolute atomic E-state index is 9.18. The molecule has 4 heteroatoms. The number of pyridine rings is 1. The summed E-state index contributed by atoms with van der Waals surface area (Å²) in [5.74, 6) is 0.929. The van der Waals surface area contributed by atoms with Gasteiger partial charge in [-0.2, -0.15) is 5.26 Å². The van der Waals surface area contributed by atoms with Gasteiger partial charge in [-0.3, -0.25) is 0 Å². The Bertz CT molecular complexity index is 585. The summed E-state index contributed by atoms with van der Waals surface area (Å²) < 4.78 is 0. The van der Waals surface area contributed by atoms with Crippen LogP contribution in [0.3, 0.4) is 0 Å². The van der Waals surface area contributed by atoms with Crippen LogP contribution in [0.5, 0.6) is 5.75 Å². The van der Waals surface area contributed by atoms with Crippen LogP contribution in [0.4, 0.5) is 5.82 Å². The second-order valence-electron chi connectivity index (χ2n) is 4.01. The number of phenols is 1. The summed E-state index contributed by atoms with van der Waals surface area (Å²) in [6.45, 7) is 2.45. The molecule has 18 heavy (non-hydrogen) atoms. The smallest absolute Gasteiger partial charge is 0.127 e. The van der Waals surface area contributed by atoms with E-state index >= 15 is 0 Å². The van der Waals surface area contributed by atoms with E-state index in [4.69, 9.17) is 5.26 Å². The molecule has 2 N–H and O–H groups in total. The van der Waals surface area contributed by atoms with Gasteiger partial charge in [0.1, 0.15) is 11.6 Å². The lowest BCUT2D eigenvalue weighted by molar-refractivity contribution is 0.475. The molecule has 0 fully saturated rings. The lowest BCUT2D eigenvalue weighted by Crippen LogP contribution is -2.02. The molecule has 0 aliphatic carbocycles. The lowest BCUT2D eigenvalue weighted by Gasteiger charge is -2.07. The highest BCUT2D eigenvalue weighted by Gasteiger charge is 2.00. The first-order valence-corrected chi connectivity index (χ1v) is 5.58. The maximum Gasteiger partial charge on any atom is 0.127 e. The van der Waals surface area contributed by atoms with Crippen LogP contribution < -0.4 is 5.32 Å². The minimum Gasteiger partial charge on any atom is -0.508 e. The number of nitrogens with one attached hydrogen (secondary N) is 1. The van der Waals surface area contributed by atoms with E-state index in [1.807, 2.05) is 19.1 Å². The van der Waals surface area contributed by atoms with Crippen molar-refractivity contribution in [2.45, 2.75) is 13.5 Å². The van der Waals surface area contributed by atoms with Crippen LogP contribution in [0.1, 0.15) is 16.8 Å². The predicted octanol–water partition coefficient (Wildman–Crippen LogP) is 2.58. The molecule has 1 aromatic carbocycles. The number of nitrogens with zero attached hydrogens (tertiary/aromatic N) is 2. The molecule has 0 amide bonds. The first-order valence-electron chi connectivity index (χ1n) is 5.58. The van der Waals surface area contributed by atoms with E-state index in [0.29, 0.717) is 17.9 Å². The van der Waals surface area contributed by atoms with Gasteiger partial charge >= 0.3 is 0 Å². The molecule has 1 aromatic heterocycles. The maximum atomic E-state index is 9.18. The fourth-order valence-corrected chi connectivity index (χ4v) is 1.63. The summed E-state index contributed by atoms with van der Waals surface area (Å²) in [6, 6.07) is 12.5. The van der Waals surface area contributed by atoms with Crippen LogP contribution in [-0.4, -0.2) is 10.1 Å². The number of anilines is 1. The van der Waals surface area contributed by atoms with E-state index in [2.05, 4.69) is 16.4 Å². The van der Waals surface area contributed by atoms with Gasteiger partial charge in [-0.15, -0.1) is 0 Å². The molecule has 0 aliphatic rings. The third-order valence-corrected chi connectivity index (χ3v) is 2.49. The average molecular weight is 239 g/mol. The standard InChI is InChI=1S/C14H13N3O/c1-10-6-12(8-15)7-14(17-10)16-9-11-2-4-13(18)5-3-11/h2-7,18H,9H2,1H3,(H,16,17). The topological polar surface area (TPSA) is 68.9 Å². The van der Waals surface area contributed by atoms with Crippen molar-refractivity contribution in [3.63, 3.8) is 0 Å². The zero-order chi connectivity index (χ0) is 13.0. The zero-order valence-electron chi connectivity index (χ0n) is 10.0. The highest BCUT2D eigenvalue weighted by molar-refractivity contribution is 5.44. The number of aromatic nitrogens is 1. The van der Waals surface area contributed by atoms with E-state index in [1.165, 1.54) is 0 Å². The Morgan fingerprint density at radius 2 is 2.00 bits per heavy atom. The molecule has 0 saturated heterocycles. The molecule has 0 atom stereocenters. The number of rotatable bonds is 3. The highest BCUT2D eigenvalue weighted by Crippen LogP contribution is 2.13. The van der Waals surface area contributed by atoms with Crippen molar-refractivity contribution in [3.05, 3.63) is 53.2 Å². The molecular weight excluding hydrogens is 226 g/mol. The fraction of sp³-hybridized carbons (Fsp3) is 0.143. The summed E-state index contributed by atoms with van der Waals surface area (Å²) in [7, 11) is 0. The molecular formula is C14H13N3O. The van der Waals surface area contributed by atoms with Crippen LogP contribution in [0, 0.1) is 18.3 Å². The second-order valence-corrected chi connectivity index (χ2v) is 4.01. The van der Waals surface area contributed by atoms with Gasteiger partial charge in [-0.25, -0.2) is 4.98 Å². The Morgan fingerprint density at radius 1 is 1.28 bits per heavy atom. The SMILES string of the molecule is Cc1cc(C#N)cc(NCc2ccc(O)cc2)n1. The van der Waals surface area contributed by atoms with Gasteiger partial charge in [0.25, 0.3) is 0 Å². The molecule has 0 spiro atoms. The van der Waals surface area contributed by atoms with Crippen molar-refractivity contribution in [2.75, 3.05) is 5.32 Å². The predicted molar refractivity (Wildman–Crippen MR) is 69.1 cm³/mol. The number of aryl methyl sites for hydroxylation is 1. The summed E-state index contributed by atoms with van der Waals surface area (Å²) in [5, 5.41) is 21.2. The zero-order valence-corrected chi connectivity index (χ0v) is 10.0. The van der Waals surface area contributed by atoms with E-state index in [9.17, 15) is 5.11 Å². The van der Waals surface area contributed by atoms with E-state index in [1.54, 1.807) is 24.3 Å². The van der Waals surface area contributed by atoms with E-state index < -0.39 is 0 Å². The molecule has 0 unspecified atom stereocenters. The van der Waals surface area contributed by atoms with Gasteiger partial charge in [0.2, 0.25) is 0 Å². The lowest BCUT2D eigenvalue weighted by atomic mass is 10.2. The van der Waals surface area contributed by atoms with Crippen molar-refractivity contribution in [1.29, 1.82) is 5.26 Å². The minimum atomic E-state index is 0.249.